The van der Waals surface area contributed by atoms with Crippen LogP contribution in [0.2, 0.25) is 0 Å². The van der Waals surface area contributed by atoms with Crippen LogP contribution in [0.1, 0.15) is 69.1 Å². The lowest BCUT2D eigenvalue weighted by atomic mass is 9.68. The maximum absolute atomic E-state index is 10.3. The Morgan fingerprint density at radius 3 is 2.18 bits per heavy atom. The van der Waals surface area contributed by atoms with Crippen LogP contribution in [0.4, 0.5) is 0 Å². The van der Waals surface area contributed by atoms with E-state index in [9.17, 15) is 5.26 Å². The lowest BCUT2D eigenvalue weighted by Gasteiger charge is -2.37. The number of rotatable bonds is 3. The minimum Gasteiger partial charge on any atom is -0.454 e. The van der Waals surface area contributed by atoms with Crippen LogP contribution in [-0.4, -0.2) is 0 Å². The number of nitrogens with zero attached hydrogens (tertiary/aromatic N) is 2. The molecule has 3 aromatic carbocycles. The Morgan fingerprint density at radius 1 is 0.821 bits per heavy atom. The summed E-state index contributed by atoms with van der Waals surface area (Å²) in [6.45, 7) is 9.26. The van der Waals surface area contributed by atoms with Gasteiger partial charge >= 0.3 is 0 Å². The van der Waals surface area contributed by atoms with Crippen molar-refractivity contribution in [2.24, 2.45) is 18.4 Å². The molecule has 6 rings (SSSR count). The van der Waals surface area contributed by atoms with Crippen molar-refractivity contribution in [1.82, 2.24) is 0 Å². The standard InChI is InChI=1S/C36H37N2O/c1-23-13-19-29-30-20-16-25(22-37)33(35(30)39-34(29)32(23)31-12-8-9-21-38(31)5)28-11-7-6-10-27(28)24-14-17-26(18-15-24)36(2,3)4/h6-13,16,19-21,24,26H,14-15,17-18H2,1-5H3/q+1. The van der Waals surface area contributed by atoms with Gasteiger partial charge in [0.15, 0.2) is 6.20 Å². The highest BCUT2D eigenvalue weighted by Crippen LogP contribution is 2.47. The summed E-state index contributed by atoms with van der Waals surface area (Å²) in [6.07, 6.45) is 6.94. The average Bonchev–Trinajstić information content (AvgIpc) is 3.31. The summed E-state index contributed by atoms with van der Waals surface area (Å²) in [6, 6.07) is 25.8. The number of aryl methyl sites for hydroxylation is 2. The highest BCUT2D eigenvalue weighted by atomic mass is 16.3. The van der Waals surface area contributed by atoms with Crippen molar-refractivity contribution in [3.63, 3.8) is 0 Å². The molecule has 0 unspecified atom stereocenters. The van der Waals surface area contributed by atoms with Crippen LogP contribution in [0.3, 0.4) is 0 Å². The maximum atomic E-state index is 10.3. The molecule has 0 aliphatic heterocycles. The zero-order valence-corrected chi connectivity index (χ0v) is 23.7. The van der Waals surface area contributed by atoms with Gasteiger partial charge < -0.3 is 4.42 Å². The van der Waals surface area contributed by atoms with Crippen LogP contribution in [0.15, 0.2) is 77.3 Å². The van der Waals surface area contributed by atoms with E-state index in [-0.39, 0.29) is 0 Å². The first-order chi connectivity index (χ1) is 18.8. The largest absolute Gasteiger partial charge is 0.454 e. The summed E-state index contributed by atoms with van der Waals surface area (Å²) in [5.41, 5.74) is 9.51. The van der Waals surface area contributed by atoms with Crippen molar-refractivity contribution in [1.29, 1.82) is 5.26 Å². The van der Waals surface area contributed by atoms with Crippen molar-refractivity contribution < 1.29 is 8.98 Å². The number of fused-ring (bicyclic) bond motifs is 3. The van der Waals surface area contributed by atoms with E-state index >= 15 is 0 Å². The molecule has 2 aromatic heterocycles. The summed E-state index contributed by atoms with van der Waals surface area (Å²) in [5, 5.41) is 12.4. The zero-order valence-electron chi connectivity index (χ0n) is 23.7. The fraction of sp³-hybridized carbons (Fsp3) is 0.333. The molecule has 39 heavy (non-hydrogen) atoms. The Kier molecular flexibility index (Phi) is 6.31. The normalized spacial score (nSPS) is 17.9. The maximum Gasteiger partial charge on any atom is 0.216 e. The summed E-state index contributed by atoms with van der Waals surface area (Å²) in [5.74, 6) is 1.25. The molecule has 1 saturated carbocycles. The Hall–Kier alpha value is -3.90. The second kappa shape index (κ2) is 9.69. The quantitative estimate of drug-likeness (QED) is 0.226. The first kappa shape index (κ1) is 25.4. The Balaban J connectivity index is 1.56. The van der Waals surface area contributed by atoms with Gasteiger partial charge in [-0.1, -0.05) is 57.2 Å². The monoisotopic (exact) mass is 513 g/mol. The van der Waals surface area contributed by atoms with Crippen LogP contribution in [0.5, 0.6) is 0 Å². The number of pyridine rings is 1. The van der Waals surface area contributed by atoms with Gasteiger partial charge in [0.25, 0.3) is 0 Å². The van der Waals surface area contributed by atoms with Crippen LogP contribution in [0, 0.1) is 29.6 Å². The van der Waals surface area contributed by atoms with E-state index in [0.29, 0.717) is 16.9 Å². The third kappa shape index (κ3) is 4.33. The fourth-order valence-corrected chi connectivity index (χ4v) is 6.82. The first-order valence-corrected chi connectivity index (χ1v) is 14.2. The smallest absolute Gasteiger partial charge is 0.216 e. The van der Waals surface area contributed by atoms with E-state index < -0.39 is 0 Å². The molecule has 1 fully saturated rings. The number of hydrogen-bond acceptors (Lipinski definition) is 2. The molecule has 0 radical (unpaired) electrons. The van der Waals surface area contributed by atoms with Crippen LogP contribution < -0.4 is 4.57 Å². The van der Waals surface area contributed by atoms with Crippen molar-refractivity contribution >= 4 is 21.9 Å². The summed E-state index contributed by atoms with van der Waals surface area (Å²) in [4.78, 5) is 0. The van der Waals surface area contributed by atoms with Gasteiger partial charge in [0.05, 0.1) is 17.2 Å². The molecule has 0 atom stereocenters. The van der Waals surface area contributed by atoms with Crippen molar-refractivity contribution in [2.75, 3.05) is 0 Å². The summed E-state index contributed by atoms with van der Waals surface area (Å²) < 4.78 is 8.98. The zero-order chi connectivity index (χ0) is 27.3. The van der Waals surface area contributed by atoms with E-state index in [1.54, 1.807) is 0 Å². The number of aromatic nitrogens is 1. The van der Waals surface area contributed by atoms with Crippen LogP contribution in [0.25, 0.3) is 44.3 Å². The van der Waals surface area contributed by atoms with E-state index in [0.717, 1.165) is 50.2 Å². The molecule has 0 amide bonds. The number of benzene rings is 3. The van der Waals surface area contributed by atoms with Gasteiger partial charge in [-0.3, -0.25) is 0 Å². The second-order valence-corrected chi connectivity index (χ2v) is 12.4. The molecule has 3 heteroatoms. The molecule has 2 heterocycles. The number of hydrogen-bond donors (Lipinski definition) is 0. The molecule has 0 spiro atoms. The van der Waals surface area contributed by atoms with Gasteiger partial charge in [-0.05, 0) is 84.7 Å². The van der Waals surface area contributed by atoms with Crippen molar-refractivity contribution in [3.8, 4) is 28.5 Å². The first-order valence-electron chi connectivity index (χ1n) is 14.2. The lowest BCUT2D eigenvalue weighted by molar-refractivity contribution is -0.660. The number of nitriles is 1. The van der Waals surface area contributed by atoms with Crippen molar-refractivity contribution in [3.05, 3.63) is 89.6 Å². The Morgan fingerprint density at radius 2 is 1.49 bits per heavy atom. The second-order valence-electron chi connectivity index (χ2n) is 12.4. The molecule has 1 aliphatic carbocycles. The molecular formula is C36H37N2O+. The molecular weight excluding hydrogens is 476 g/mol. The molecule has 196 valence electrons. The topological polar surface area (TPSA) is 40.8 Å². The van der Waals surface area contributed by atoms with Crippen molar-refractivity contribution in [2.45, 2.75) is 59.3 Å². The van der Waals surface area contributed by atoms with Crippen LogP contribution >= 0.6 is 0 Å². The molecule has 5 aromatic rings. The van der Waals surface area contributed by atoms with E-state index in [1.165, 1.54) is 36.8 Å². The fourth-order valence-electron chi connectivity index (χ4n) is 6.82. The SMILES string of the molecule is Cc1ccc2c(oc3c(-c4ccccc4C4CCC(C(C)(C)C)CC4)c(C#N)ccc32)c1-c1cccc[n+]1C. The van der Waals surface area contributed by atoms with Gasteiger partial charge in [-0.25, -0.2) is 4.57 Å². The molecule has 1 aliphatic rings. The highest BCUT2D eigenvalue weighted by molar-refractivity contribution is 6.14. The predicted molar refractivity (Wildman–Crippen MR) is 159 cm³/mol. The Bertz CT molecular complexity index is 1740. The molecule has 0 saturated heterocycles. The minimum absolute atomic E-state index is 0.351. The van der Waals surface area contributed by atoms with Gasteiger partial charge in [0.1, 0.15) is 18.2 Å². The van der Waals surface area contributed by atoms with Gasteiger partial charge in [-0.2, -0.15) is 5.26 Å². The van der Waals surface area contributed by atoms with E-state index in [4.69, 9.17) is 4.42 Å². The van der Waals surface area contributed by atoms with E-state index in [1.807, 2.05) is 12.1 Å². The lowest BCUT2D eigenvalue weighted by Crippen LogP contribution is -2.30. The molecule has 3 nitrogen and oxygen atoms in total. The van der Waals surface area contributed by atoms with Gasteiger partial charge in [-0.15, -0.1) is 0 Å². The van der Waals surface area contributed by atoms with E-state index in [2.05, 4.69) is 106 Å². The van der Waals surface area contributed by atoms with Gasteiger partial charge in [0.2, 0.25) is 5.69 Å². The van der Waals surface area contributed by atoms with Crippen LogP contribution in [-0.2, 0) is 7.05 Å². The highest BCUT2D eigenvalue weighted by Gasteiger charge is 2.32. The third-order valence-corrected chi connectivity index (χ3v) is 9.07. The molecule has 0 N–H and O–H groups in total. The predicted octanol–water partition coefficient (Wildman–Crippen LogP) is 9.24. The van der Waals surface area contributed by atoms with Gasteiger partial charge in [0, 0.05) is 28.5 Å². The number of furan rings is 1. The molecule has 0 bridgehead atoms. The average molecular weight is 514 g/mol. The minimum atomic E-state index is 0.351. The summed E-state index contributed by atoms with van der Waals surface area (Å²) >= 11 is 0. The summed E-state index contributed by atoms with van der Waals surface area (Å²) in [7, 11) is 2.07. The third-order valence-electron chi connectivity index (χ3n) is 9.07. The Labute approximate surface area is 231 Å².